The quantitative estimate of drug-likeness (QED) is 0.898. The first-order chi connectivity index (χ1) is 9.36. The molecule has 2 heterocycles. The van der Waals surface area contributed by atoms with Crippen LogP contribution in [0.5, 0.6) is 0 Å². The molecule has 1 N–H and O–H groups in total. The van der Waals surface area contributed by atoms with Gasteiger partial charge in [-0.25, -0.2) is 9.97 Å². The summed E-state index contributed by atoms with van der Waals surface area (Å²) in [4.78, 5) is 8.49. The second-order valence-electron chi connectivity index (χ2n) is 6.84. The number of hydrogen-bond donors (Lipinski definition) is 1. The van der Waals surface area contributed by atoms with Crippen molar-refractivity contribution in [3.63, 3.8) is 0 Å². The lowest BCUT2D eigenvalue weighted by molar-refractivity contribution is -0.0780. The topological polar surface area (TPSA) is 47.0 Å². The number of aromatic nitrogens is 2. The maximum atomic E-state index is 6.25. The molecule has 112 valence electrons. The third kappa shape index (κ3) is 3.36. The minimum Gasteiger partial charge on any atom is -0.369 e. The van der Waals surface area contributed by atoms with Gasteiger partial charge in [-0.05, 0) is 53.1 Å². The summed E-state index contributed by atoms with van der Waals surface area (Å²) in [7, 11) is 0. The molecule has 2 rings (SSSR count). The van der Waals surface area contributed by atoms with Crippen molar-refractivity contribution < 1.29 is 4.74 Å². The highest BCUT2D eigenvalue weighted by atomic mass is 16.5. The van der Waals surface area contributed by atoms with Crippen LogP contribution in [0.25, 0.3) is 0 Å². The normalized spacial score (nSPS) is 25.6. The first-order valence-electron chi connectivity index (χ1n) is 7.55. The molecule has 0 saturated carbocycles. The third-order valence-electron chi connectivity index (χ3n) is 4.08. The molecule has 1 aromatic rings. The molecule has 0 amide bonds. The van der Waals surface area contributed by atoms with Crippen LogP contribution in [0.4, 0.5) is 0 Å². The largest absolute Gasteiger partial charge is 0.369 e. The van der Waals surface area contributed by atoms with E-state index in [1.165, 1.54) is 0 Å². The zero-order valence-electron chi connectivity index (χ0n) is 13.3. The van der Waals surface area contributed by atoms with Crippen LogP contribution < -0.4 is 5.32 Å². The summed E-state index contributed by atoms with van der Waals surface area (Å²) in [5.74, 6) is 0.402. The summed E-state index contributed by atoms with van der Waals surface area (Å²) in [6.45, 7) is 11.9. The van der Waals surface area contributed by atoms with Gasteiger partial charge in [-0.15, -0.1) is 0 Å². The molecular weight excluding hydrogens is 250 g/mol. The maximum Gasteiger partial charge on any atom is 0.115 e. The van der Waals surface area contributed by atoms with Crippen LogP contribution in [0.15, 0.2) is 18.6 Å². The first-order valence-corrected chi connectivity index (χ1v) is 7.55. The Hall–Kier alpha value is -1.00. The van der Waals surface area contributed by atoms with E-state index in [1.807, 2.05) is 12.3 Å². The van der Waals surface area contributed by atoms with Gasteiger partial charge < -0.3 is 10.1 Å². The van der Waals surface area contributed by atoms with Crippen molar-refractivity contribution in [2.24, 2.45) is 5.92 Å². The van der Waals surface area contributed by atoms with E-state index in [-0.39, 0.29) is 17.2 Å². The number of hydrogen-bond acceptors (Lipinski definition) is 4. The van der Waals surface area contributed by atoms with Crippen LogP contribution >= 0.6 is 0 Å². The van der Waals surface area contributed by atoms with E-state index in [4.69, 9.17) is 4.74 Å². The summed E-state index contributed by atoms with van der Waals surface area (Å²) in [6, 6.07) is 2.23. The van der Waals surface area contributed by atoms with Gasteiger partial charge in [0.2, 0.25) is 0 Å². The molecule has 0 bridgehead atoms. The van der Waals surface area contributed by atoms with Crippen LogP contribution in [0.2, 0.25) is 0 Å². The molecule has 20 heavy (non-hydrogen) atoms. The van der Waals surface area contributed by atoms with E-state index in [1.54, 1.807) is 6.33 Å². The van der Waals surface area contributed by atoms with Gasteiger partial charge in [0.25, 0.3) is 0 Å². The Kier molecular flexibility index (Phi) is 4.45. The highest BCUT2D eigenvalue weighted by molar-refractivity contribution is 5.11. The molecule has 0 aliphatic carbocycles. The zero-order valence-corrected chi connectivity index (χ0v) is 13.3. The summed E-state index contributed by atoms with van der Waals surface area (Å²) in [6.07, 6.45) is 5.59. The van der Waals surface area contributed by atoms with Crippen molar-refractivity contribution in [3.8, 4) is 0 Å². The number of nitrogens with zero attached hydrogens (tertiary/aromatic N) is 2. The van der Waals surface area contributed by atoms with Gasteiger partial charge in [0.05, 0.1) is 22.9 Å². The molecule has 4 heteroatoms. The smallest absolute Gasteiger partial charge is 0.115 e. The Labute approximate surface area is 122 Å². The lowest BCUT2D eigenvalue weighted by Gasteiger charge is -2.33. The lowest BCUT2D eigenvalue weighted by atomic mass is 9.80. The number of rotatable bonds is 5. The van der Waals surface area contributed by atoms with Crippen molar-refractivity contribution in [3.05, 3.63) is 24.3 Å². The Balaban J connectivity index is 2.27. The Morgan fingerprint density at radius 3 is 2.65 bits per heavy atom. The van der Waals surface area contributed by atoms with Crippen LogP contribution in [0.3, 0.4) is 0 Å². The molecule has 4 nitrogen and oxygen atoms in total. The van der Waals surface area contributed by atoms with Gasteiger partial charge in [0.15, 0.2) is 0 Å². The standard InChI is InChI=1S/C16H27N3O/c1-6-8-18-14(13-7-9-17-11-19-13)12-10-15(2,3)20-16(12,4)5/h7,9,11-12,14,18H,6,8,10H2,1-5H3. The summed E-state index contributed by atoms with van der Waals surface area (Å²) in [5, 5.41) is 3.65. The third-order valence-corrected chi connectivity index (χ3v) is 4.08. The first kappa shape index (κ1) is 15.4. The van der Waals surface area contributed by atoms with Crippen LogP contribution in [0.1, 0.15) is 59.2 Å². The SMILES string of the molecule is CCCNC(c1ccncn1)C1CC(C)(C)OC1(C)C. The second kappa shape index (κ2) is 5.78. The fourth-order valence-electron chi connectivity index (χ4n) is 3.36. The lowest BCUT2D eigenvalue weighted by Crippen LogP contribution is -2.39. The van der Waals surface area contributed by atoms with Crippen LogP contribution in [-0.2, 0) is 4.74 Å². The number of ether oxygens (including phenoxy) is 1. The molecule has 1 aliphatic rings. The van der Waals surface area contributed by atoms with E-state index < -0.39 is 0 Å². The molecule has 0 radical (unpaired) electrons. The maximum absolute atomic E-state index is 6.25. The van der Waals surface area contributed by atoms with Gasteiger partial charge in [-0.3, -0.25) is 0 Å². The number of nitrogens with one attached hydrogen (secondary N) is 1. The van der Waals surface area contributed by atoms with Crippen LogP contribution in [0, 0.1) is 5.92 Å². The second-order valence-corrected chi connectivity index (χ2v) is 6.84. The highest BCUT2D eigenvalue weighted by Gasteiger charge is 2.49. The monoisotopic (exact) mass is 277 g/mol. The molecule has 2 unspecified atom stereocenters. The van der Waals surface area contributed by atoms with E-state index in [9.17, 15) is 0 Å². The Morgan fingerprint density at radius 2 is 2.15 bits per heavy atom. The summed E-state index contributed by atoms with van der Waals surface area (Å²) in [5.41, 5.74) is 0.834. The van der Waals surface area contributed by atoms with Crippen molar-refractivity contribution >= 4 is 0 Å². The molecule has 2 atom stereocenters. The minimum atomic E-state index is -0.153. The van der Waals surface area contributed by atoms with Gasteiger partial charge in [0.1, 0.15) is 6.33 Å². The molecule has 1 aromatic heterocycles. The molecular formula is C16H27N3O. The van der Waals surface area contributed by atoms with Gasteiger partial charge >= 0.3 is 0 Å². The van der Waals surface area contributed by atoms with E-state index >= 15 is 0 Å². The van der Waals surface area contributed by atoms with Crippen molar-refractivity contribution in [2.75, 3.05) is 6.54 Å². The molecule has 1 aliphatic heterocycles. The van der Waals surface area contributed by atoms with E-state index in [2.05, 4.69) is 49.9 Å². The summed E-state index contributed by atoms with van der Waals surface area (Å²) < 4.78 is 6.25. The van der Waals surface area contributed by atoms with Crippen LogP contribution in [-0.4, -0.2) is 27.7 Å². The van der Waals surface area contributed by atoms with E-state index in [0.717, 1.165) is 25.1 Å². The fraction of sp³-hybridized carbons (Fsp3) is 0.750. The van der Waals surface area contributed by atoms with E-state index in [0.29, 0.717) is 5.92 Å². The predicted molar refractivity (Wildman–Crippen MR) is 80.4 cm³/mol. The molecule has 1 fully saturated rings. The molecule has 1 saturated heterocycles. The average Bonchev–Trinajstić information content (AvgIpc) is 2.59. The predicted octanol–water partition coefficient (Wildman–Crippen LogP) is 3.11. The van der Waals surface area contributed by atoms with Gasteiger partial charge in [-0.1, -0.05) is 6.92 Å². The fourth-order valence-corrected chi connectivity index (χ4v) is 3.36. The summed E-state index contributed by atoms with van der Waals surface area (Å²) >= 11 is 0. The minimum absolute atomic E-state index is 0.0760. The van der Waals surface area contributed by atoms with Crippen molar-refractivity contribution in [2.45, 2.75) is 64.7 Å². The highest BCUT2D eigenvalue weighted by Crippen LogP contribution is 2.47. The Bertz CT molecular complexity index is 431. The van der Waals surface area contributed by atoms with Gasteiger partial charge in [-0.2, -0.15) is 0 Å². The van der Waals surface area contributed by atoms with Crippen molar-refractivity contribution in [1.82, 2.24) is 15.3 Å². The van der Waals surface area contributed by atoms with Crippen molar-refractivity contribution in [1.29, 1.82) is 0 Å². The Morgan fingerprint density at radius 1 is 1.40 bits per heavy atom. The average molecular weight is 277 g/mol. The van der Waals surface area contributed by atoms with Gasteiger partial charge in [0, 0.05) is 12.1 Å². The molecule has 0 aromatic carbocycles. The zero-order chi connectivity index (χ0) is 14.8. The molecule has 0 spiro atoms.